The molecule has 0 aliphatic carbocycles. The topological polar surface area (TPSA) is 104 Å². The largest absolute Gasteiger partial charge is 0.494 e. The molecule has 8 nitrogen and oxygen atoms in total. The van der Waals surface area contributed by atoms with Gasteiger partial charge in [-0.2, -0.15) is 0 Å². The van der Waals surface area contributed by atoms with Crippen LogP contribution in [-0.2, 0) is 5.54 Å². The first-order chi connectivity index (χ1) is 35.7. The Kier molecular flexibility index (Phi) is 12.0. The highest BCUT2D eigenvalue weighted by Crippen LogP contribution is 2.40. The van der Waals surface area contributed by atoms with Gasteiger partial charge in [-0.15, -0.1) is 0 Å². The van der Waals surface area contributed by atoms with E-state index >= 15 is 0 Å². The van der Waals surface area contributed by atoms with Crippen molar-refractivity contribution in [3.63, 3.8) is 0 Å². The maximum absolute atomic E-state index is 6.49. The van der Waals surface area contributed by atoms with Crippen LogP contribution in [0.1, 0.15) is 45.9 Å². The number of aromatic amines is 2. The molecule has 2 aliphatic rings. The third-order valence-corrected chi connectivity index (χ3v) is 13.5. The highest BCUT2D eigenvalue weighted by Gasteiger charge is 2.35. The van der Waals surface area contributed by atoms with Crippen LogP contribution in [0.4, 0.5) is 0 Å². The lowest BCUT2D eigenvalue weighted by atomic mass is 9.77. The Bertz CT molecular complexity index is 3610. The highest BCUT2D eigenvalue weighted by molar-refractivity contribution is 5.99. The van der Waals surface area contributed by atoms with Gasteiger partial charge in [0.05, 0.1) is 34.9 Å². The molecule has 0 saturated carbocycles. The third-order valence-electron chi connectivity index (χ3n) is 13.5. The van der Waals surface area contributed by atoms with Crippen molar-refractivity contribution in [3.8, 4) is 50.3 Å². The Morgan fingerprint density at radius 1 is 0.375 bits per heavy atom. The molecule has 346 valence electrons. The number of benzene rings is 5. The van der Waals surface area contributed by atoms with Crippen LogP contribution < -0.4 is 10.1 Å². The van der Waals surface area contributed by atoms with Gasteiger partial charge in [0, 0.05) is 69.1 Å². The van der Waals surface area contributed by atoms with Crippen LogP contribution in [0.15, 0.2) is 219 Å². The quantitative estimate of drug-likeness (QED) is 0.0786. The van der Waals surface area contributed by atoms with E-state index in [4.69, 9.17) is 14.7 Å². The van der Waals surface area contributed by atoms with E-state index < -0.39 is 5.54 Å². The van der Waals surface area contributed by atoms with Crippen LogP contribution in [0, 0.1) is 0 Å². The van der Waals surface area contributed by atoms with Crippen molar-refractivity contribution >= 4 is 46.4 Å². The number of H-pyrrole nitrogens is 2. The van der Waals surface area contributed by atoms with Gasteiger partial charge in [0.1, 0.15) is 5.75 Å². The summed E-state index contributed by atoms with van der Waals surface area (Å²) in [6.07, 6.45) is 16.5. The summed E-state index contributed by atoms with van der Waals surface area (Å²) >= 11 is 0. The van der Waals surface area contributed by atoms with Crippen molar-refractivity contribution in [3.05, 3.63) is 258 Å². The lowest BCUT2D eigenvalue weighted by Crippen LogP contribution is -2.45. The smallest absolute Gasteiger partial charge is 0.119 e. The number of aromatic nitrogens is 6. The maximum atomic E-state index is 6.49. The highest BCUT2D eigenvalue weighted by atomic mass is 16.5. The predicted molar refractivity (Wildman–Crippen MR) is 294 cm³/mol. The Balaban J connectivity index is 0.938. The van der Waals surface area contributed by atoms with Crippen molar-refractivity contribution in [2.24, 2.45) is 0 Å². The molecule has 0 unspecified atom stereocenters. The molecular formula is C64H49N7O. The molecule has 0 radical (unpaired) electrons. The third kappa shape index (κ3) is 8.50. The van der Waals surface area contributed by atoms with Gasteiger partial charge in [0.15, 0.2) is 0 Å². The summed E-state index contributed by atoms with van der Waals surface area (Å²) in [5.74, 6) is 0.799. The molecule has 0 fully saturated rings. The molecule has 7 heterocycles. The monoisotopic (exact) mass is 931 g/mol. The average Bonchev–Trinajstić information content (AvgIpc) is 4.31. The molecule has 10 aromatic rings. The van der Waals surface area contributed by atoms with E-state index in [1.807, 2.05) is 55.1 Å². The minimum Gasteiger partial charge on any atom is -0.494 e. The minimum absolute atomic E-state index is 0.536. The second-order valence-electron chi connectivity index (χ2n) is 17.8. The Hall–Kier alpha value is -9.24. The summed E-state index contributed by atoms with van der Waals surface area (Å²) in [5, 5.41) is 3.99. The molecule has 5 aromatic carbocycles. The molecule has 2 aliphatic heterocycles. The zero-order valence-corrected chi connectivity index (χ0v) is 39.4. The van der Waals surface area contributed by atoms with Gasteiger partial charge in [0.25, 0.3) is 0 Å². The fourth-order valence-electron chi connectivity index (χ4n) is 10.2. The van der Waals surface area contributed by atoms with Crippen LogP contribution in [0.3, 0.4) is 0 Å². The van der Waals surface area contributed by atoms with Crippen LogP contribution in [-0.4, -0.2) is 43.1 Å². The molecule has 0 amide bonds. The summed E-state index contributed by atoms with van der Waals surface area (Å²) in [6, 6.07) is 67.7. The molecular weight excluding hydrogens is 883 g/mol. The zero-order chi connectivity index (χ0) is 48.1. The number of ether oxygens (including phenoxy) is 1. The van der Waals surface area contributed by atoms with Crippen molar-refractivity contribution in [1.82, 2.24) is 35.2 Å². The van der Waals surface area contributed by atoms with Gasteiger partial charge in [-0.25, -0.2) is 9.97 Å². The first kappa shape index (κ1) is 44.0. The summed E-state index contributed by atoms with van der Waals surface area (Å²) in [4.78, 5) is 27.2. The average molecular weight is 932 g/mol. The molecule has 3 N–H and O–H groups in total. The number of nitrogens with one attached hydrogen (secondary N) is 3. The second kappa shape index (κ2) is 19.6. The molecule has 5 aromatic heterocycles. The molecule has 72 heavy (non-hydrogen) atoms. The maximum Gasteiger partial charge on any atom is 0.119 e. The summed E-state index contributed by atoms with van der Waals surface area (Å²) in [5.41, 5.74) is 18.1. The fourth-order valence-corrected chi connectivity index (χ4v) is 10.2. The van der Waals surface area contributed by atoms with Gasteiger partial charge in [-0.05, 0) is 137 Å². The normalized spacial score (nSPS) is 12.0. The molecule has 0 atom stereocenters. The zero-order valence-electron chi connectivity index (χ0n) is 39.4. The molecule has 8 heteroatoms. The van der Waals surface area contributed by atoms with Gasteiger partial charge in [0.2, 0.25) is 0 Å². The van der Waals surface area contributed by atoms with Gasteiger partial charge >= 0.3 is 0 Å². The summed E-state index contributed by atoms with van der Waals surface area (Å²) < 4.78 is 6.49. The predicted octanol–water partition coefficient (Wildman–Crippen LogP) is 14.5. The molecule has 0 spiro atoms. The van der Waals surface area contributed by atoms with E-state index in [9.17, 15) is 0 Å². The summed E-state index contributed by atoms with van der Waals surface area (Å²) in [7, 11) is 0. The lowest BCUT2D eigenvalue weighted by molar-refractivity contribution is 0.301. The van der Waals surface area contributed by atoms with E-state index in [1.165, 1.54) is 16.7 Å². The second-order valence-corrected chi connectivity index (χ2v) is 17.8. The number of rotatable bonds is 13. The van der Waals surface area contributed by atoms with E-state index in [1.54, 1.807) is 0 Å². The fraction of sp³-hybridized carbons (Fsp3) is 0.0625. The minimum atomic E-state index is -0.536. The van der Waals surface area contributed by atoms with Crippen LogP contribution in [0.2, 0.25) is 0 Å². The number of pyridine rings is 2. The van der Waals surface area contributed by atoms with Crippen molar-refractivity contribution < 1.29 is 4.74 Å². The van der Waals surface area contributed by atoms with E-state index in [-0.39, 0.29) is 0 Å². The molecule has 8 bridgehead atoms. The number of nitrogens with zero attached hydrogens (tertiary/aromatic N) is 4. The molecule has 0 saturated heterocycles. The van der Waals surface area contributed by atoms with Gasteiger partial charge in [-0.1, -0.05) is 133 Å². The van der Waals surface area contributed by atoms with Crippen LogP contribution >= 0.6 is 0 Å². The van der Waals surface area contributed by atoms with Crippen molar-refractivity contribution in [2.45, 2.75) is 12.0 Å². The van der Waals surface area contributed by atoms with E-state index in [0.717, 1.165) is 108 Å². The standard InChI is InChI=1S/C64H49N7O/c1-5-14-44(15-6-1)60-52-26-28-54(68-52)61(45-22-24-51(25-23-45)72-43-13-38-67-64(48-16-7-2-8-17-48,49-18-9-3-10-19-49)50-20-11-4-12-21-50)55-29-31-57(70-55)63(47-36-41-66-42-37-47)59-33-32-58(71-59)62(46-34-39-65-40-35-46)56-30-27-53(60)69-56/h1-12,14-37,39-42,67,69-70H,13,38,43H2. The van der Waals surface area contributed by atoms with E-state index in [0.29, 0.717) is 6.61 Å². The van der Waals surface area contributed by atoms with Crippen LogP contribution in [0.5, 0.6) is 5.75 Å². The SMILES string of the molecule is C1=Cc2nc1c(-c1ccccc1)c1ccc([nH]1)c(-c1ccncc1)c1nc(c(-c3ccncc3)c3ccc([nH]3)c2-c2ccc(OCCCNC(c3ccccc3)(c3ccccc3)c3ccccc3)cc2)C=C1. The first-order valence-electron chi connectivity index (χ1n) is 24.4. The van der Waals surface area contributed by atoms with Crippen molar-refractivity contribution in [2.75, 3.05) is 13.2 Å². The lowest BCUT2D eigenvalue weighted by Gasteiger charge is -2.37. The Morgan fingerprint density at radius 2 is 0.722 bits per heavy atom. The van der Waals surface area contributed by atoms with Crippen molar-refractivity contribution in [1.29, 1.82) is 0 Å². The Labute approximate surface area is 418 Å². The molecule has 12 rings (SSSR count). The summed E-state index contributed by atoms with van der Waals surface area (Å²) in [6.45, 7) is 1.27. The van der Waals surface area contributed by atoms with E-state index in [2.05, 4.69) is 213 Å². The van der Waals surface area contributed by atoms with Crippen LogP contribution in [0.25, 0.3) is 90.9 Å². The first-order valence-corrected chi connectivity index (χ1v) is 24.4. The Morgan fingerprint density at radius 3 is 1.11 bits per heavy atom. The van der Waals surface area contributed by atoms with Gasteiger partial charge in [-0.3, -0.25) is 15.3 Å². The van der Waals surface area contributed by atoms with Gasteiger partial charge < -0.3 is 14.7 Å². The number of hydrogen-bond donors (Lipinski definition) is 3. The number of fused-ring (bicyclic) bond motifs is 8. The number of hydrogen-bond acceptors (Lipinski definition) is 6.